The molecule has 0 saturated heterocycles. The molecule has 3 rings (SSSR count). The Balaban J connectivity index is 1.80. The van der Waals surface area contributed by atoms with Crippen LogP contribution in [-0.2, 0) is 0 Å². The van der Waals surface area contributed by atoms with E-state index in [4.69, 9.17) is 5.73 Å². The fourth-order valence-corrected chi connectivity index (χ4v) is 3.27. The number of nitrogens with one attached hydrogen (secondary N) is 1. The monoisotopic (exact) mass is 247 g/mol. The summed E-state index contributed by atoms with van der Waals surface area (Å²) in [5.41, 5.74) is 7.16. The molecular weight excluding hydrogens is 230 g/mol. The van der Waals surface area contributed by atoms with Crippen LogP contribution in [0.5, 0.6) is 0 Å². The fourth-order valence-electron chi connectivity index (χ4n) is 2.58. The maximum atomic E-state index is 6.02. The van der Waals surface area contributed by atoms with E-state index in [-0.39, 0.29) is 0 Å². The molecule has 0 bridgehead atoms. The first-order valence-electron chi connectivity index (χ1n) is 6.17. The highest BCUT2D eigenvalue weighted by molar-refractivity contribution is 7.13. The number of hydrogen-bond donors (Lipinski definition) is 2. The molecule has 0 aromatic carbocycles. The maximum Gasteiger partial charge on any atom is 0.109 e. The first-order chi connectivity index (χ1) is 8.33. The Morgan fingerprint density at radius 1 is 1.41 bits per heavy atom. The molecule has 3 nitrogen and oxygen atoms in total. The van der Waals surface area contributed by atoms with Crippen LogP contribution in [0.15, 0.2) is 23.7 Å². The first kappa shape index (κ1) is 11.0. The zero-order chi connectivity index (χ0) is 11.7. The molecule has 1 aliphatic carbocycles. The van der Waals surface area contributed by atoms with E-state index in [9.17, 15) is 0 Å². The third kappa shape index (κ3) is 2.28. The van der Waals surface area contributed by atoms with Crippen LogP contribution in [0.4, 0.5) is 0 Å². The number of nitrogens with two attached hydrogens (primary N) is 1. The van der Waals surface area contributed by atoms with Crippen molar-refractivity contribution in [1.29, 1.82) is 0 Å². The number of aromatic nitrogens is 2. The quantitative estimate of drug-likeness (QED) is 0.856. The molecule has 4 heteroatoms. The second-order valence-electron chi connectivity index (χ2n) is 4.78. The van der Waals surface area contributed by atoms with E-state index < -0.39 is 0 Å². The van der Waals surface area contributed by atoms with Crippen LogP contribution in [0.2, 0.25) is 0 Å². The van der Waals surface area contributed by atoms with Crippen LogP contribution in [0.25, 0.3) is 10.6 Å². The fraction of sp³-hybridized carbons (Fsp3) is 0.462. The van der Waals surface area contributed by atoms with Crippen molar-refractivity contribution in [2.24, 2.45) is 5.73 Å². The van der Waals surface area contributed by atoms with Crippen molar-refractivity contribution in [1.82, 2.24) is 9.97 Å². The van der Waals surface area contributed by atoms with Gasteiger partial charge in [-0.2, -0.15) is 0 Å². The largest absolute Gasteiger partial charge is 0.341 e. The van der Waals surface area contributed by atoms with Gasteiger partial charge < -0.3 is 10.7 Å². The van der Waals surface area contributed by atoms with Crippen LogP contribution < -0.4 is 5.73 Å². The van der Waals surface area contributed by atoms with Gasteiger partial charge in [-0.05, 0) is 30.7 Å². The van der Waals surface area contributed by atoms with Gasteiger partial charge in [-0.15, -0.1) is 11.3 Å². The molecule has 1 aliphatic rings. The van der Waals surface area contributed by atoms with Gasteiger partial charge in [0.05, 0.1) is 16.8 Å². The number of H-pyrrole nitrogens is 1. The van der Waals surface area contributed by atoms with Gasteiger partial charge in [0.2, 0.25) is 0 Å². The Bertz CT molecular complexity index is 475. The van der Waals surface area contributed by atoms with Crippen LogP contribution >= 0.6 is 11.3 Å². The topological polar surface area (TPSA) is 54.7 Å². The number of hydrogen-bond acceptors (Lipinski definition) is 3. The van der Waals surface area contributed by atoms with E-state index in [1.165, 1.54) is 17.7 Å². The van der Waals surface area contributed by atoms with Gasteiger partial charge in [0.1, 0.15) is 5.82 Å². The lowest BCUT2D eigenvalue weighted by Gasteiger charge is -2.24. The highest BCUT2D eigenvalue weighted by Gasteiger charge is 2.23. The first-order valence-corrected chi connectivity index (χ1v) is 7.05. The number of imidazole rings is 1. The van der Waals surface area contributed by atoms with Gasteiger partial charge in [0, 0.05) is 12.0 Å². The van der Waals surface area contributed by atoms with E-state index in [0.717, 1.165) is 24.4 Å². The zero-order valence-electron chi connectivity index (χ0n) is 9.73. The molecule has 0 spiro atoms. The normalized spacial score (nSPS) is 25.0. The SMILES string of the molecule is NC1CCCC(c2ncc(-c3cccs3)[nH]2)C1. The molecule has 0 radical (unpaired) electrons. The minimum atomic E-state index is 0.351. The molecule has 2 heterocycles. The second-order valence-corrected chi connectivity index (χ2v) is 5.73. The van der Waals surface area contributed by atoms with E-state index in [1.54, 1.807) is 11.3 Å². The van der Waals surface area contributed by atoms with Gasteiger partial charge in [0.25, 0.3) is 0 Å². The van der Waals surface area contributed by atoms with E-state index in [2.05, 4.69) is 27.5 Å². The van der Waals surface area contributed by atoms with Crippen LogP contribution in [0.3, 0.4) is 0 Å². The third-order valence-electron chi connectivity index (χ3n) is 3.48. The standard InChI is InChI=1S/C13H17N3S/c14-10-4-1-3-9(7-10)13-15-8-11(16-13)12-5-2-6-17-12/h2,5-6,8-10H,1,3-4,7,14H2,(H,15,16). The smallest absolute Gasteiger partial charge is 0.109 e. The summed E-state index contributed by atoms with van der Waals surface area (Å²) in [5.74, 6) is 1.64. The molecule has 2 aromatic rings. The van der Waals surface area contributed by atoms with Crippen LogP contribution in [-0.4, -0.2) is 16.0 Å². The Morgan fingerprint density at radius 3 is 3.12 bits per heavy atom. The summed E-state index contributed by atoms with van der Waals surface area (Å²) >= 11 is 1.74. The molecule has 2 unspecified atom stereocenters. The van der Waals surface area contributed by atoms with E-state index in [1.807, 2.05) is 6.20 Å². The Hall–Kier alpha value is -1.13. The predicted molar refractivity (Wildman–Crippen MR) is 71.1 cm³/mol. The average molecular weight is 247 g/mol. The highest BCUT2D eigenvalue weighted by atomic mass is 32.1. The van der Waals surface area contributed by atoms with Gasteiger partial charge >= 0.3 is 0 Å². The molecule has 0 amide bonds. The van der Waals surface area contributed by atoms with Crippen molar-refractivity contribution in [3.63, 3.8) is 0 Å². The molecule has 1 fully saturated rings. The van der Waals surface area contributed by atoms with Crippen LogP contribution in [0.1, 0.15) is 37.4 Å². The summed E-state index contributed by atoms with van der Waals surface area (Å²) in [6, 6.07) is 4.54. The molecule has 1 saturated carbocycles. The molecule has 3 N–H and O–H groups in total. The Morgan fingerprint density at radius 2 is 2.35 bits per heavy atom. The lowest BCUT2D eigenvalue weighted by atomic mass is 9.86. The van der Waals surface area contributed by atoms with Gasteiger partial charge in [-0.3, -0.25) is 0 Å². The summed E-state index contributed by atoms with van der Waals surface area (Å²) < 4.78 is 0. The number of nitrogens with zero attached hydrogens (tertiary/aromatic N) is 1. The maximum absolute atomic E-state index is 6.02. The molecular formula is C13H17N3S. The van der Waals surface area contributed by atoms with Crippen molar-refractivity contribution in [3.05, 3.63) is 29.5 Å². The van der Waals surface area contributed by atoms with Crippen molar-refractivity contribution >= 4 is 11.3 Å². The average Bonchev–Trinajstić information content (AvgIpc) is 3.00. The molecule has 2 aromatic heterocycles. The lowest BCUT2D eigenvalue weighted by Crippen LogP contribution is -2.27. The minimum absolute atomic E-state index is 0.351. The summed E-state index contributed by atoms with van der Waals surface area (Å²) in [6.07, 6.45) is 6.61. The minimum Gasteiger partial charge on any atom is -0.341 e. The number of thiophene rings is 1. The lowest BCUT2D eigenvalue weighted by molar-refractivity contribution is 0.383. The van der Waals surface area contributed by atoms with Gasteiger partial charge in [-0.25, -0.2) is 4.98 Å². The van der Waals surface area contributed by atoms with Crippen LogP contribution in [0, 0.1) is 0 Å². The van der Waals surface area contributed by atoms with Crippen molar-refractivity contribution < 1.29 is 0 Å². The Kier molecular flexibility index (Phi) is 2.99. The van der Waals surface area contributed by atoms with Crippen molar-refractivity contribution in [3.8, 4) is 10.6 Å². The zero-order valence-corrected chi connectivity index (χ0v) is 10.5. The molecule has 2 atom stereocenters. The van der Waals surface area contributed by atoms with E-state index in [0.29, 0.717) is 12.0 Å². The Labute approximate surface area is 105 Å². The number of rotatable bonds is 2. The predicted octanol–water partition coefficient (Wildman–Crippen LogP) is 3.12. The van der Waals surface area contributed by atoms with Crippen molar-refractivity contribution in [2.75, 3.05) is 0 Å². The van der Waals surface area contributed by atoms with Crippen molar-refractivity contribution in [2.45, 2.75) is 37.6 Å². The van der Waals surface area contributed by atoms with E-state index >= 15 is 0 Å². The summed E-state index contributed by atoms with van der Waals surface area (Å²) in [5, 5.41) is 2.09. The molecule has 0 aliphatic heterocycles. The molecule has 17 heavy (non-hydrogen) atoms. The molecule has 90 valence electrons. The highest BCUT2D eigenvalue weighted by Crippen LogP contribution is 2.32. The second kappa shape index (κ2) is 4.63. The summed E-state index contributed by atoms with van der Waals surface area (Å²) in [6.45, 7) is 0. The third-order valence-corrected chi connectivity index (χ3v) is 4.39. The number of aromatic amines is 1. The van der Waals surface area contributed by atoms with Gasteiger partial charge in [0.15, 0.2) is 0 Å². The summed E-state index contributed by atoms with van der Waals surface area (Å²) in [7, 11) is 0. The van der Waals surface area contributed by atoms with Gasteiger partial charge in [-0.1, -0.05) is 12.5 Å². The summed E-state index contributed by atoms with van der Waals surface area (Å²) in [4.78, 5) is 9.23.